The van der Waals surface area contributed by atoms with E-state index in [2.05, 4.69) is 15.3 Å². The van der Waals surface area contributed by atoms with Crippen LogP contribution >= 0.6 is 0 Å². The van der Waals surface area contributed by atoms with Gasteiger partial charge in [-0.25, -0.2) is 9.97 Å². The van der Waals surface area contributed by atoms with Crippen LogP contribution < -0.4 is 5.32 Å². The van der Waals surface area contributed by atoms with E-state index in [1.54, 1.807) is 7.11 Å². The molecule has 0 bridgehead atoms. The van der Waals surface area contributed by atoms with Crippen molar-refractivity contribution >= 4 is 0 Å². The third-order valence-corrected chi connectivity index (χ3v) is 3.63. The summed E-state index contributed by atoms with van der Waals surface area (Å²) < 4.78 is 16.5. The highest BCUT2D eigenvalue weighted by molar-refractivity contribution is 5.09. The fourth-order valence-corrected chi connectivity index (χ4v) is 2.51. The van der Waals surface area contributed by atoms with E-state index in [0.717, 1.165) is 30.9 Å². The molecular weight excluding hydrogens is 270 g/mol. The summed E-state index contributed by atoms with van der Waals surface area (Å²) in [5, 5.41) is 3.30. The predicted molar refractivity (Wildman–Crippen MR) is 79.0 cm³/mol. The first kappa shape index (κ1) is 16.3. The van der Waals surface area contributed by atoms with Gasteiger partial charge in [0.25, 0.3) is 0 Å². The van der Waals surface area contributed by atoms with Crippen molar-refractivity contribution < 1.29 is 14.2 Å². The maximum absolute atomic E-state index is 6.01. The molecule has 1 saturated heterocycles. The fourth-order valence-electron chi connectivity index (χ4n) is 2.51. The Hall–Kier alpha value is -1.08. The lowest BCUT2D eigenvalue weighted by Crippen LogP contribution is -2.38. The third kappa shape index (κ3) is 4.44. The number of ether oxygens (including phenoxy) is 3. The quantitative estimate of drug-likeness (QED) is 0.728. The van der Waals surface area contributed by atoms with Gasteiger partial charge in [0.1, 0.15) is 5.60 Å². The molecule has 0 unspecified atom stereocenters. The summed E-state index contributed by atoms with van der Waals surface area (Å²) in [6, 6.07) is 1.93. The predicted octanol–water partition coefficient (Wildman–Crippen LogP) is 1.25. The van der Waals surface area contributed by atoms with Crippen LogP contribution in [0.4, 0.5) is 0 Å². The normalized spacial score (nSPS) is 17.8. The van der Waals surface area contributed by atoms with Gasteiger partial charge in [0.05, 0.1) is 12.3 Å². The van der Waals surface area contributed by atoms with Crippen molar-refractivity contribution in [1.82, 2.24) is 15.3 Å². The molecule has 1 aromatic rings. The molecule has 2 heterocycles. The largest absolute Gasteiger partial charge is 0.383 e. The number of hydrogen-bond donors (Lipinski definition) is 1. The van der Waals surface area contributed by atoms with E-state index in [9.17, 15) is 0 Å². The topological polar surface area (TPSA) is 65.5 Å². The van der Waals surface area contributed by atoms with Crippen LogP contribution in [-0.4, -0.2) is 50.1 Å². The van der Waals surface area contributed by atoms with Gasteiger partial charge in [-0.3, -0.25) is 0 Å². The molecule has 6 nitrogen and oxygen atoms in total. The van der Waals surface area contributed by atoms with Gasteiger partial charge in [0.15, 0.2) is 5.82 Å². The van der Waals surface area contributed by atoms with Crippen molar-refractivity contribution in [3.05, 3.63) is 23.8 Å². The number of rotatable bonds is 8. The number of aromatic nitrogens is 2. The maximum Gasteiger partial charge on any atom is 0.160 e. The zero-order valence-corrected chi connectivity index (χ0v) is 12.9. The number of methoxy groups -OCH3 is 1. The van der Waals surface area contributed by atoms with Crippen molar-refractivity contribution in [2.45, 2.75) is 31.9 Å². The lowest BCUT2D eigenvalue weighted by molar-refractivity contribution is -0.118. The van der Waals surface area contributed by atoms with Crippen LogP contribution in [0.25, 0.3) is 0 Å². The second-order valence-electron chi connectivity index (χ2n) is 5.08. The van der Waals surface area contributed by atoms with E-state index >= 15 is 0 Å². The van der Waals surface area contributed by atoms with Gasteiger partial charge in [-0.2, -0.15) is 0 Å². The first-order chi connectivity index (χ1) is 10.3. The second-order valence-corrected chi connectivity index (χ2v) is 5.08. The van der Waals surface area contributed by atoms with Crippen LogP contribution in [0.15, 0.2) is 12.3 Å². The minimum absolute atomic E-state index is 0.393. The first-order valence-electron chi connectivity index (χ1n) is 7.54. The number of nitrogens with one attached hydrogen (secondary N) is 1. The summed E-state index contributed by atoms with van der Waals surface area (Å²) in [4.78, 5) is 9.14. The molecule has 1 N–H and O–H groups in total. The molecule has 0 aliphatic carbocycles. The van der Waals surface area contributed by atoms with E-state index in [0.29, 0.717) is 33.0 Å². The molecule has 1 aliphatic heterocycles. The van der Waals surface area contributed by atoms with Crippen molar-refractivity contribution in [1.29, 1.82) is 0 Å². The lowest BCUT2D eigenvalue weighted by Gasteiger charge is -2.35. The highest BCUT2D eigenvalue weighted by atomic mass is 16.5. The van der Waals surface area contributed by atoms with Gasteiger partial charge >= 0.3 is 0 Å². The Bertz CT molecular complexity index is 417. The average Bonchev–Trinajstić information content (AvgIpc) is 2.53. The highest BCUT2D eigenvalue weighted by Gasteiger charge is 2.38. The zero-order chi connectivity index (χ0) is 15.0. The molecule has 1 aliphatic rings. The average molecular weight is 295 g/mol. The molecule has 0 radical (unpaired) electrons. The third-order valence-electron chi connectivity index (χ3n) is 3.63. The fraction of sp³-hybridized carbons (Fsp3) is 0.733. The Kier molecular flexibility index (Phi) is 6.50. The smallest absolute Gasteiger partial charge is 0.160 e. The summed E-state index contributed by atoms with van der Waals surface area (Å²) >= 11 is 0. The lowest BCUT2D eigenvalue weighted by atomic mass is 9.93. The SMILES string of the molecule is CCOC1(c2nccc(CNCCOC)n2)CCOCC1. The van der Waals surface area contributed by atoms with E-state index in [4.69, 9.17) is 14.2 Å². The molecule has 0 saturated carbocycles. The molecule has 118 valence electrons. The Morgan fingerprint density at radius 2 is 2.19 bits per heavy atom. The van der Waals surface area contributed by atoms with Crippen molar-refractivity contribution in [3.8, 4) is 0 Å². The Balaban J connectivity index is 2.06. The van der Waals surface area contributed by atoms with Gasteiger partial charge in [-0.1, -0.05) is 0 Å². The molecule has 0 atom stereocenters. The maximum atomic E-state index is 6.01. The zero-order valence-electron chi connectivity index (χ0n) is 12.9. The molecular formula is C15H25N3O3. The first-order valence-corrected chi connectivity index (χ1v) is 7.54. The minimum Gasteiger partial charge on any atom is -0.383 e. The summed E-state index contributed by atoms with van der Waals surface area (Å²) in [7, 11) is 1.70. The Labute approximate surface area is 126 Å². The highest BCUT2D eigenvalue weighted by Crippen LogP contribution is 2.33. The van der Waals surface area contributed by atoms with E-state index in [1.807, 2.05) is 19.2 Å². The Morgan fingerprint density at radius 3 is 2.90 bits per heavy atom. The molecule has 21 heavy (non-hydrogen) atoms. The van der Waals surface area contributed by atoms with E-state index in [1.165, 1.54) is 0 Å². The standard InChI is InChI=1S/C15H25N3O3/c1-3-21-15(5-9-20-10-6-15)14-17-7-4-13(18-14)12-16-8-11-19-2/h4,7,16H,3,5-6,8-12H2,1-2H3. The molecule has 1 aromatic heterocycles. The van der Waals surface area contributed by atoms with Gasteiger partial charge in [-0.15, -0.1) is 0 Å². The Morgan fingerprint density at radius 1 is 1.38 bits per heavy atom. The monoisotopic (exact) mass is 295 g/mol. The van der Waals surface area contributed by atoms with Crippen molar-refractivity contribution in [2.75, 3.05) is 40.1 Å². The van der Waals surface area contributed by atoms with E-state index in [-0.39, 0.29) is 0 Å². The van der Waals surface area contributed by atoms with Crippen LogP contribution in [0.1, 0.15) is 31.3 Å². The molecule has 0 spiro atoms. The molecule has 6 heteroatoms. The van der Waals surface area contributed by atoms with Crippen molar-refractivity contribution in [3.63, 3.8) is 0 Å². The van der Waals surface area contributed by atoms with Crippen LogP contribution in [0.3, 0.4) is 0 Å². The molecule has 2 rings (SSSR count). The van der Waals surface area contributed by atoms with Gasteiger partial charge in [0, 0.05) is 59.1 Å². The molecule has 0 amide bonds. The van der Waals surface area contributed by atoms with E-state index < -0.39 is 5.60 Å². The number of hydrogen-bond acceptors (Lipinski definition) is 6. The van der Waals surface area contributed by atoms with Gasteiger partial charge in [0.2, 0.25) is 0 Å². The molecule has 1 fully saturated rings. The minimum atomic E-state index is -0.393. The van der Waals surface area contributed by atoms with Crippen LogP contribution in [0.5, 0.6) is 0 Å². The van der Waals surface area contributed by atoms with Crippen LogP contribution in [-0.2, 0) is 26.4 Å². The van der Waals surface area contributed by atoms with Crippen LogP contribution in [0.2, 0.25) is 0 Å². The van der Waals surface area contributed by atoms with Crippen molar-refractivity contribution in [2.24, 2.45) is 0 Å². The summed E-state index contributed by atoms with van der Waals surface area (Å²) in [5.41, 5.74) is 0.580. The van der Waals surface area contributed by atoms with Gasteiger partial charge in [-0.05, 0) is 13.0 Å². The number of nitrogens with zero attached hydrogens (tertiary/aromatic N) is 2. The summed E-state index contributed by atoms with van der Waals surface area (Å²) in [6.07, 6.45) is 3.43. The second kappa shape index (κ2) is 8.38. The summed E-state index contributed by atoms with van der Waals surface area (Å²) in [6.45, 7) is 6.25. The summed E-state index contributed by atoms with van der Waals surface area (Å²) in [5.74, 6) is 0.777. The van der Waals surface area contributed by atoms with Gasteiger partial charge < -0.3 is 19.5 Å². The molecule has 0 aromatic carbocycles. The van der Waals surface area contributed by atoms with Crippen LogP contribution in [0, 0.1) is 0 Å².